The van der Waals surface area contributed by atoms with Gasteiger partial charge in [-0.1, -0.05) is 48.5 Å². The fourth-order valence-corrected chi connectivity index (χ4v) is 2.49. The molecule has 2 aromatic rings. The van der Waals surface area contributed by atoms with Crippen LogP contribution in [-0.4, -0.2) is 23.1 Å². The molecule has 0 atom stereocenters. The standard InChI is InChI=1S/2C10H6O2/c2*11-9-5-6-10(12)8-4-2-1-3-7(8)9/h2*1-6H. The smallest absolute Gasteiger partial charge is 0.186 e. The summed E-state index contributed by atoms with van der Waals surface area (Å²) in [7, 11) is 0. The van der Waals surface area contributed by atoms with Gasteiger partial charge in [0.2, 0.25) is 0 Å². The molecule has 0 amide bonds. The minimum atomic E-state index is -0.0924. The van der Waals surface area contributed by atoms with Crippen LogP contribution in [0.5, 0.6) is 0 Å². The molecule has 0 bridgehead atoms. The van der Waals surface area contributed by atoms with E-state index in [2.05, 4.69) is 0 Å². The molecule has 0 aliphatic heterocycles. The zero-order valence-corrected chi connectivity index (χ0v) is 12.6. The summed E-state index contributed by atoms with van der Waals surface area (Å²) in [5.41, 5.74) is 2.02. The van der Waals surface area contributed by atoms with Crippen molar-refractivity contribution in [1.29, 1.82) is 0 Å². The van der Waals surface area contributed by atoms with Crippen molar-refractivity contribution in [2.24, 2.45) is 0 Å². The van der Waals surface area contributed by atoms with Crippen molar-refractivity contribution in [3.63, 3.8) is 0 Å². The van der Waals surface area contributed by atoms with E-state index in [0.717, 1.165) is 0 Å². The maximum absolute atomic E-state index is 11.2. The van der Waals surface area contributed by atoms with Crippen molar-refractivity contribution >= 4 is 23.1 Å². The second-order valence-corrected chi connectivity index (χ2v) is 5.21. The Hall–Kier alpha value is -3.40. The molecule has 116 valence electrons. The summed E-state index contributed by atoms with van der Waals surface area (Å²) in [6, 6.07) is 13.7. The Labute approximate surface area is 138 Å². The minimum Gasteiger partial charge on any atom is -0.289 e. The molecule has 0 heterocycles. The molecule has 0 unspecified atom stereocenters. The van der Waals surface area contributed by atoms with E-state index in [1.165, 1.54) is 24.3 Å². The maximum Gasteiger partial charge on any atom is 0.186 e. The molecule has 0 saturated carbocycles. The van der Waals surface area contributed by atoms with E-state index in [4.69, 9.17) is 0 Å². The fraction of sp³-hybridized carbons (Fsp3) is 0. The maximum atomic E-state index is 11.2. The van der Waals surface area contributed by atoms with Gasteiger partial charge in [-0.05, 0) is 24.3 Å². The van der Waals surface area contributed by atoms with E-state index in [0.29, 0.717) is 22.3 Å². The Balaban J connectivity index is 0.000000141. The van der Waals surface area contributed by atoms with E-state index in [1.807, 2.05) is 0 Å². The van der Waals surface area contributed by atoms with Crippen LogP contribution < -0.4 is 0 Å². The summed E-state index contributed by atoms with van der Waals surface area (Å²) in [6.45, 7) is 0. The summed E-state index contributed by atoms with van der Waals surface area (Å²) in [5, 5.41) is 0. The first kappa shape index (κ1) is 15.5. The molecule has 4 heteroatoms. The van der Waals surface area contributed by atoms with Crippen LogP contribution in [0.15, 0.2) is 72.8 Å². The predicted molar refractivity (Wildman–Crippen MR) is 88.5 cm³/mol. The van der Waals surface area contributed by atoms with Crippen molar-refractivity contribution in [2.75, 3.05) is 0 Å². The van der Waals surface area contributed by atoms with E-state index in [1.54, 1.807) is 48.5 Å². The molecule has 0 fully saturated rings. The summed E-state index contributed by atoms with van der Waals surface area (Å²) < 4.78 is 0. The van der Waals surface area contributed by atoms with Crippen LogP contribution >= 0.6 is 0 Å². The number of hydrogen-bond acceptors (Lipinski definition) is 4. The lowest BCUT2D eigenvalue weighted by molar-refractivity contribution is 0.0994. The van der Waals surface area contributed by atoms with Gasteiger partial charge in [0.1, 0.15) is 0 Å². The third-order valence-electron chi connectivity index (χ3n) is 3.69. The minimum absolute atomic E-state index is 0.0924. The summed E-state index contributed by atoms with van der Waals surface area (Å²) >= 11 is 0. The molecule has 4 nitrogen and oxygen atoms in total. The van der Waals surface area contributed by atoms with Crippen LogP contribution in [-0.2, 0) is 0 Å². The molecular weight excluding hydrogens is 304 g/mol. The number of hydrogen-bond donors (Lipinski definition) is 0. The predicted octanol–water partition coefficient (Wildman–Crippen LogP) is 3.24. The van der Waals surface area contributed by atoms with Gasteiger partial charge in [0.15, 0.2) is 23.1 Å². The molecule has 2 aliphatic carbocycles. The Morgan fingerprint density at radius 2 is 0.583 bits per heavy atom. The summed E-state index contributed by atoms with van der Waals surface area (Å²) in [4.78, 5) is 44.8. The van der Waals surface area contributed by atoms with E-state index < -0.39 is 0 Å². The average molecular weight is 316 g/mol. The lowest BCUT2D eigenvalue weighted by Crippen LogP contribution is -2.10. The third-order valence-corrected chi connectivity index (χ3v) is 3.69. The van der Waals surface area contributed by atoms with Crippen LogP contribution in [0.25, 0.3) is 0 Å². The third kappa shape index (κ3) is 2.90. The molecule has 0 N–H and O–H groups in total. The van der Waals surface area contributed by atoms with Crippen molar-refractivity contribution in [3.05, 3.63) is 95.1 Å². The number of benzene rings is 2. The van der Waals surface area contributed by atoms with Crippen LogP contribution in [0.3, 0.4) is 0 Å². The SMILES string of the molecule is O=C1C=CC(=O)c2ccccc21.O=C1C=CC(=O)c2ccccc21. The molecule has 0 spiro atoms. The monoisotopic (exact) mass is 316 g/mol. The van der Waals surface area contributed by atoms with Gasteiger partial charge in [-0.15, -0.1) is 0 Å². The number of carbonyl (C=O) groups is 4. The zero-order valence-electron chi connectivity index (χ0n) is 12.6. The lowest BCUT2D eigenvalue weighted by atomic mass is 9.95. The summed E-state index contributed by atoms with van der Waals surface area (Å²) in [5.74, 6) is -0.370. The van der Waals surface area contributed by atoms with Crippen molar-refractivity contribution in [2.45, 2.75) is 0 Å². The molecule has 2 aromatic carbocycles. The second kappa shape index (κ2) is 6.38. The highest BCUT2D eigenvalue weighted by Crippen LogP contribution is 2.16. The number of ketones is 4. The van der Waals surface area contributed by atoms with Crippen molar-refractivity contribution < 1.29 is 19.2 Å². The van der Waals surface area contributed by atoms with Gasteiger partial charge in [-0.3, -0.25) is 19.2 Å². The highest BCUT2D eigenvalue weighted by molar-refractivity contribution is 6.22. The molecular formula is C20H12O4. The van der Waals surface area contributed by atoms with Gasteiger partial charge in [0.25, 0.3) is 0 Å². The van der Waals surface area contributed by atoms with Crippen LogP contribution in [0.2, 0.25) is 0 Å². The largest absolute Gasteiger partial charge is 0.289 e. The lowest BCUT2D eigenvalue weighted by Gasteiger charge is -2.06. The first-order chi connectivity index (χ1) is 11.6. The second-order valence-electron chi connectivity index (χ2n) is 5.21. The van der Waals surface area contributed by atoms with Gasteiger partial charge >= 0.3 is 0 Å². The normalized spacial score (nSPS) is 14.7. The molecule has 0 radical (unpaired) electrons. The van der Waals surface area contributed by atoms with Crippen molar-refractivity contribution in [3.8, 4) is 0 Å². The quantitative estimate of drug-likeness (QED) is 0.748. The van der Waals surface area contributed by atoms with E-state index in [-0.39, 0.29) is 23.1 Å². The van der Waals surface area contributed by atoms with Crippen LogP contribution in [0.1, 0.15) is 41.4 Å². The van der Waals surface area contributed by atoms with Gasteiger partial charge < -0.3 is 0 Å². The fourth-order valence-electron chi connectivity index (χ4n) is 2.49. The molecule has 24 heavy (non-hydrogen) atoms. The summed E-state index contributed by atoms with van der Waals surface area (Å²) in [6.07, 6.45) is 5.24. The number of carbonyl (C=O) groups excluding carboxylic acids is 4. The molecule has 4 rings (SSSR count). The number of fused-ring (bicyclic) bond motifs is 2. The highest BCUT2D eigenvalue weighted by Gasteiger charge is 2.17. The Bertz CT molecular complexity index is 781. The van der Waals surface area contributed by atoms with Gasteiger partial charge in [0, 0.05) is 22.3 Å². The Kier molecular flexibility index (Phi) is 4.12. The van der Waals surface area contributed by atoms with E-state index in [9.17, 15) is 19.2 Å². The number of allylic oxidation sites excluding steroid dienone is 4. The average Bonchev–Trinajstić information content (AvgIpc) is 2.63. The van der Waals surface area contributed by atoms with Crippen molar-refractivity contribution in [1.82, 2.24) is 0 Å². The van der Waals surface area contributed by atoms with Crippen LogP contribution in [0.4, 0.5) is 0 Å². The van der Waals surface area contributed by atoms with Crippen LogP contribution in [0, 0.1) is 0 Å². The zero-order chi connectivity index (χ0) is 17.1. The highest BCUT2D eigenvalue weighted by atomic mass is 16.1. The first-order valence-corrected chi connectivity index (χ1v) is 7.29. The number of rotatable bonds is 0. The Morgan fingerprint density at radius 1 is 0.375 bits per heavy atom. The molecule has 2 aliphatic rings. The molecule has 0 saturated heterocycles. The first-order valence-electron chi connectivity index (χ1n) is 7.29. The van der Waals surface area contributed by atoms with Gasteiger partial charge in [-0.25, -0.2) is 0 Å². The topological polar surface area (TPSA) is 68.3 Å². The van der Waals surface area contributed by atoms with E-state index >= 15 is 0 Å². The molecule has 0 aromatic heterocycles. The Morgan fingerprint density at radius 3 is 0.792 bits per heavy atom. The van der Waals surface area contributed by atoms with Gasteiger partial charge in [0.05, 0.1) is 0 Å². The van der Waals surface area contributed by atoms with Gasteiger partial charge in [-0.2, -0.15) is 0 Å².